The second-order valence-corrected chi connectivity index (χ2v) is 4.64. The topological polar surface area (TPSA) is 55.4 Å². The van der Waals surface area contributed by atoms with Gasteiger partial charge in [-0.05, 0) is 5.56 Å². The fraction of sp³-hybridized carbons (Fsp3) is 0.273. The number of amides is 1. The summed E-state index contributed by atoms with van der Waals surface area (Å²) in [6.07, 6.45) is 0. The lowest BCUT2D eigenvalue weighted by atomic mass is 10.2. The van der Waals surface area contributed by atoms with E-state index in [1.165, 1.54) is 6.92 Å². The van der Waals surface area contributed by atoms with Gasteiger partial charge in [-0.15, -0.1) is 0 Å². The van der Waals surface area contributed by atoms with Gasteiger partial charge in [0.05, 0.1) is 0 Å². The fourth-order valence-corrected chi connectivity index (χ4v) is 1.46. The molecule has 0 saturated carbocycles. The van der Waals surface area contributed by atoms with Gasteiger partial charge in [-0.2, -0.15) is 0 Å². The molecule has 0 fully saturated rings. The van der Waals surface area contributed by atoms with Crippen molar-refractivity contribution in [3.8, 4) is 0 Å². The maximum absolute atomic E-state index is 11.5. The van der Waals surface area contributed by atoms with Crippen LogP contribution >= 0.6 is 23.2 Å². The highest BCUT2D eigenvalue weighted by Gasteiger charge is 2.36. The first-order valence-corrected chi connectivity index (χ1v) is 5.55. The van der Waals surface area contributed by atoms with Crippen LogP contribution in [0.25, 0.3) is 0 Å². The minimum atomic E-state index is -2.05. The Hall–Kier alpha value is -1.26. The lowest BCUT2D eigenvalue weighted by Gasteiger charge is -2.18. The number of hydrogen-bond acceptors (Lipinski definition) is 3. The maximum Gasteiger partial charge on any atom is 0.364 e. The molecule has 0 radical (unpaired) electrons. The second-order valence-electron chi connectivity index (χ2n) is 3.32. The van der Waals surface area contributed by atoms with Crippen LogP contribution in [0.15, 0.2) is 30.3 Å². The zero-order valence-electron chi connectivity index (χ0n) is 9.07. The van der Waals surface area contributed by atoms with Crippen LogP contribution in [-0.2, 0) is 20.9 Å². The van der Waals surface area contributed by atoms with Crippen LogP contribution in [0.5, 0.6) is 0 Å². The second kappa shape index (κ2) is 5.89. The van der Waals surface area contributed by atoms with Gasteiger partial charge >= 0.3 is 5.97 Å². The molecule has 0 spiro atoms. The van der Waals surface area contributed by atoms with E-state index in [1.54, 1.807) is 12.1 Å². The normalized spacial score (nSPS) is 10.8. The van der Waals surface area contributed by atoms with Gasteiger partial charge in [0.2, 0.25) is 5.91 Å². The Kier molecular flexibility index (Phi) is 4.78. The summed E-state index contributed by atoms with van der Waals surface area (Å²) in [4.78, 5) is 22.2. The summed E-state index contributed by atoms with van der Waals surface area (Å²) >= 11 is 11.2. The van der Waals surface area contributed by atoms with Crippen molar-refractivity contribution in [1.82, 2.24) is 5.32 Å². The van der Waals surface area contributed by atoms with Gasteiger partial charge in [0.1, 0.15) is 6.61 Å². The Balaban J connectivity index is 2.52. The molecular weight excluding hydrogens is 265 g/mol. The number of hydrogen-bond donors (Lipinski definition) is 1. The molecule has 92 valence electrons. The van der Waals surface area contributed by atoms with Crippen molar-refractivity contribution in [3.63, 3.8) is 0 Å². The molecule has 0 aliphatic heterocycles. The molecule has 1 aromatic carbocycles. The molecule has 1 aromatic rings. The first-order valence-electron chi connectivity index (χ1n) is 4.79. The molecule has 0 aromatic heterocycles. The summed E-state index contributed by atoms with van der Waals surface area (Å²) in [5.41, 5.74) is 0.799. The number of nitrogens with one attached hydrogen (secondary N) is 1. The van der Waals surface area contributed by atoms with Gasteiger partial charge in [0.15, 0.2) is 0 Å². The maximum atomic E-state index is 11.5. The highest BCUT2D eigenvalue weighted by molar-refractivity contribution is 6.57. The molecule has 17 heavy (non-hydrogen) atoms. The number of benzene rings is 1. The first-order chi connectivity index (χ1) is 7.92. The van der Waals surface area contributed by atoms with Crippen LogP contribution in [0, 0.1) is 0 Å². The monoisotopic (exact) mass is 275 g/mol. The number of rotatable bonds is 4. The van der Waals surface area contributed by atoms with Crippen molar-refractivity contribution in [1.29, 1.82) is 0 Å². The van der Waals surface area contributed by atoms with E-state index in [4.69, 9.17) is 27.9 Å². The highest BCUT2D eigenvalue weighted by atomic mass is 35.5. The predicted molar refractivity (Wildman–Crippen MR) is 64.5 cm³/mol. The summed E-state index contributed by atoms with van der Waals surface area (Å²) in [6.45, 7) is 1.24. The summed E-state index contributed by atoms with van der Waals surface area (Å²) in [6, 6.07) is 9.04. The predicted octanol–water partition coefficient (Wildman–Crippen LogP) is 2.00. The number of carbonyl (C=O) groups excluding carboxylic acids is 2. The number of alkyl halides is 2. The van der Waals surface area contributed by atoms with Gasteiger partial charge in [0.25, 0.3) is 4.46 Å². The zero-order chi connectivity index (χ0) is 12.9. The third-order valence-electron chi connectivity index (χ3n) is 1.80. The Bertz CT molecular complexity index is 406. The smallest absolute Gasteiger partial charge is 0.364 e. The molecular formula is C11H11Cl2NO3. The van der Waals surface area contributed by atoms with E-state index in [9.17, 15) is 9.59 Å². The number of carbonyl (C=O) groups is 2. The Morgan fingerprint density at radius 2 is 1.88 bits per heavy atom. The fourth-order valence-electron chi connectivity index (χ4n) is 1.09. The molecule has 0 bridgehead atoms. The Morgan fingerprint density at radius 3 is 2.41 bits per heavy atom. The van der Waals surface area contributed by atoms with Crippen molar-refractivity contribution in [2.45, 2.75) is 18.0 Å². The van der Waals surface area contributed by atoms with Gasteiger partial charge in [0, 0.05) is 6.92 Å². The summed E-state index contributed by atoms with van der Waals surface area (Å²) < 4.78 is 2.82. The lowest BCUT2D eigenvalue weighted by molar-refractivity contribution is -0.148. The Labute approximate surface area is 109 Å². The minimum absolute atomic E-state index is 0.0421. The van der Waals surface area contributed by atoms with Crippen molar-refractivity contribution >= 4 is 35.1 Å². The van der Waals surface area contributed by atoms with E-state index in [2.05, 4.69) is 5.32 Å². The lowest BCUT2D eigenvalue weighted by Crippen LogP contribution is -2.45. The average Bonchev–Trinajstić information content (AvgIpc) is 2.25. The summed E-state index contributed by atoms with van der Waals surface area (Å²) in [5.74, 6) is -1.44. The largest absolute Gasteiger partial charge is 0.457 e. The molecule has 4 nitrogen and oxygen atoms in total. The molecule has 1 N–H and O–H groups in total. The van der Waals surface area contributed by atoms with Crippen molar-refractivity contribution in [2.75, 3.05) is 0 Å². The SMILES string of the molecule is CC(=O)NC(Cl)(Cl)C(=O)OCc1ccccc1. The molecule has 0 unspecified atom stereocenters. The van der Waals surface area contributed by atoms with Crippen molar-refractivity contribution < 1.29 is 14.3 Å². The quantitative estimate of drug-likeness (QED) is 0.520. The van der Waals surface area contributed by atoms with E-state index in [0.29, 0.717) is 0 Å². The molecule has 0 heterocycles. The molecule has 0 aliphatic rings. The van der Waals surface area contributed by atoms with E-state index in [0.717, 1.165) is 5.56 Å². The number of esters is 1. The minimum Gasteiger partial charge on any atom is -0.457 e. The third kappa shape index (κ3) is 4.63. The molecule has 1 rings (SSSR count). The van der Waals surface area contributed by atoms with Crippen LogP contribution < -0.4 is 5.32 Å². The highest BCUT2D eigenvalue weighted by Crippen LogP contribution is 2.19. The van der Waals surface area contributed by atoms with Gasteiger partial charge < -0.3 is 10.1 Å². The molecule has 0 saturated heterocycles. The molecule has 0 aliphatic carbocycles. The van der Waals surface area contributed by atoms with Gasteiger partial charge in [-0.25, -0.2) is 4.79 Å². The van der Waals surface area contributed by atoms with E-state index >= 15 is 0 Å². The summed E-state index contributed by atoms with van der Waals surface area (Å²) in [7, 11) is 0. The average molecular weight is 276 g/mol. The summed E-state index contributed by atoms with van der Waals surface area (Å²) in [5, 5.41) is 2.07. The zero-order valence-corrected chi connectivity index (χ0v) is 10.6. The first kappa shape index (κ1) is 13.8. The Morgan fingerprint density at radius 1 is 1.29 bits per heavy atom. The molecule has 6 heteroatoms. The van der Waals surface area contributed by atoms with Gasteiger partial charge in [-0.3, -0.25) is 4.79 Å². The van der Waals surface area contributed by atoms with Crippen molar-refractivity contribution in [3.05, 3.63) is 35.9 Å². The van der Waals surface area contributed by atoms with Crippen LogP contribution in [-0.4, -0.2) is 16.3 Å². The number of halogens is 2. The van der Waals surface area contributed by atoms with Crippen LogP contribution in [0.2, 0.25) is 0 Å². The van der Waals surface area contributed by atoms with Crippen LogP contribution in [0.3, 0.4) is 0 Å². The third-order valence-corrected chi connectivity index (χ3v) is 2.30. The molecule has 1 amide bonds. The van der Waals surface area contributed by atoms with Crippen LogP contribution in [0.1, 0.15) is 12.5 Å². The number of ether oxygens (including phenoxy) is 1. The van der Waals surface area contributed by atoms with E-state index < -0.39 is 16.3 Å². The standard InChI is InChI=1S/C11H11Cl2NO3/c1-8(15)14-11(12,13)10(16)17-7-9-5-3-2-4-6-9/h2-6H,7H2,1H3,(H,14,15). The van der Waals surface area contributed by atoms with Crippen LogP contribution in [0.4, 0.5) is 0 Å². The molecule has 0 atom stereocenters. The van der Waals surface area contributed by atoms with E-state index in [1.807, 2.05) is 18.2 Å². The van der Waals surface area contributed by atoms with Gasteiger partial charge in [-0.1, -0.05) is 53.5 Å². The van der Waals surface area contributed by atoms with Crippen molar-refractivity contribution in [2.24, 2.45) is 0 Å². The van der Waals surface area contributed by atoms with E-state index in [-0.39, 0.29) is 6.61 Å².